The Balaban J connectivity index is 1.71. The number of hydrogen-bond acceptors (Lipinski definition) is 3. The summed E-state index contributed by atoms with van der Waals surface area (Å²) >= 11 is 0. The van der Waals surface area contributed by atoms with Crippen LogP contribution >= 0.6 is 0 Å². The smallest absolute Gasteiger partial charge is 0.149 e. The first kappa shape index (κ1) is 15.8. The Morgan fingerprint density at radius 3 is 2.73 bits per heavy atom. The van der Waals surface area contributed by atoms with Crippen LogP contribution in [0.4, 0.5) is 8.78 Å². The largest absolute Gasteiger partial charge is 0.457 e. The van der Waals surface area contributed by atoms with Crippen molar-refractivity contribution in [2.24, 2.45) is 0 Å². The van der Waals surface area contributed by atoms with Crippen molar-refractivity contribution in [1.82, 2.24) is 9.97 Å². The van der Waals surface area contributed by atoms with E-state index >= 15 is 0 Å². The molecule has 0 fully saturated rings. The third-order valence-electron chi connectivity index (χ3n) is 3.87. The Morgan fingerprint density at radius 1 is 1.12 bits per heavy atom. The molecule has 0 atom stereocenters. The summed E-state index contributed by atoms with van der Waals surface area (Å²) < 4.78 is 32.5. The molecule has 126 valence electrons. The van der Waals surface area contributed by atoms with Crippen molar-refractivity contribution >= 4 is 22.7 Å². The first-order valence-corrected chi connectivity index (χ1v) is 7.76. The summed E-state index contributed by atoms with van der Waals surface area (Å²) in [7, 11) is 0. The number of H-pyrrole nitrogens is 1. The van der Waals surface area contributed by atoms with Crippen LogP contribution in [0.25, 0.3) is 34.0 Å². The van der Waals surface area contributed by atoms with Crippen molar-refractivity contribution in [3.05, 3.63) is 77.8 Å². The second kappa shape index (κ2) is 6.30. The number of furan rings is 1. The van der Waals surface area contributed by atoms with Crippen LogP contribution < -0.4 is 0 Å². The van der Waals surface area contributed by atoms with Gasteiger partial charge in [-0.3, -0.25) is 0 Å². The van der Waals surface area contributed by atoms with Crippen LogP contribution in [-0.2, 0) is 0 Å². The summed E-state index contributed by atoms with van der Waals surface area (Å²) in [6.45, 7) is 0. The number of halogens is 2. The van der Waals surface area contributed by atoms with Crippen LogP contribution in [0.2, 0.25) is 0 Å². The Labute approximate surface area is 147 Å². The van der Waals surface area contributed by atoms with E-state index in [4.69, 9.17) is 4.42 Å². The molecule has 0 aliphatic carbocycles. The molecule has 4 nitrogen and oxygen atoms in total. The summed E-state index contributed by atoms with van der Waals surface area (Å²) in [4.78, 5) is 7.45. The fraction of sp³-hybridized carbons (Fsp3) is 0. The predicted molar refractivity (Wildman–Crippen MR) is 93.6 cm³/mol. The average Bonchev–Trinajstić information content (AvgIpc) is 3.26. The van der Waals surface area contributed by atoms with E-state index in [1.165, 1.54) is 12.1 Å². The summed E-state index contributed by atoms with van der Waals surface area (Å²) in [5, 5.41) is 9.44. The SMILES string of the molecule is N#C/C(=C\c1ccc(-c2ccc(F)cc2F)o1)c1nc2ccccc2[nH]1. The van der Waals surface area contributed by atoms with Gasteiger partial charge in [-0.05, 0) is 36.4 Å². The first-order valence-electron chi connectivity index (χ1n) is 7.76. The maximum Gasteiger partial charge on any atom is 0.149 e. The van der Waals surface area contributed by atoms with E-state index in [2.05, 4.69) is 16.0 Å². The molecule has 4 rings (SSSR count). The lowest BCUT2D eigenvalue weighted by atomic mass is 10.1. The second-order valence-electron chi connectivity index (χ2n) is 5.60. The number of hydrogen-bond donors (Lipinski definition) is 1. The number of nitrogens with one attached hydrogen (secondary N) is 1. The predicted octanol–water partition coefficient (Wildman–Crippen LogP) is 5.17. The minimum Gasteiger partial charge on any atom is -0.457 e. The summed E-state index contributed by atoms with van der Waals surface area (Å²) in [6.07, 6.45) is 1.52. The molecule has 0 aliphatic heterocycles. The molecule has 4 aromatic rings. The number of aromatic nitrogens is 2. The molecule has 2 aromatic carbocycles. The highest BCUT2D eigenvalue weighted by molar-refractivity contribution is 5.89. The van der Waals surface area contributed by atoms with E-state index in [0.29, 0.717) is 11.6 Å². The molecule has 0 spiro atoms. The maximum atomic E-state index is 13.9. The lowest BCUT2D eigenvalue weighted by Gasteiger charge is -1.99. The zero-order chi connectivity index (χ0) is 18.1. The zero-order valence-electron chi connectivity index (χ0n) is 13.3. The monoisotopic (exact) mass is 347 g/mol. The van der Waals surface area contributed by atoms with Gasteiger partial charge in [-0.1, -0.05) is 12.1 Å². The van der Waals surface area contributed by atoms with Crippen LogP contribution in [-0.4, -0.2) is 9.97 Å². The van der Waals surface area contributed by atoms with Gasteiger partial charge in [0.2, 0.25) is 0 Å². The molecule has 0 saturated carbocycles. The number of nitrogens with zero attached hydrogens (tertiary/aromatic N) is 2. The lowest BCUT2D eigenvalue weighted by molar-refractivity contribution is 0.554. The first-order chi connectivity index (χ1) is 12.6. The van der Waals surface area contributed by atoms with Crippen molar-refractivity contribution in [2.45, 2.75) is 0 Å². The number of nitriles is 1. The highest BCUT2D eigenvalue weighted by Gasteiger charge is 2.12. The Kier molecular flexibility index (Phi) is 3.82. The van der Waals surface area contributed by atoms with Crippen molar-refractivity contribution in [1.29, 1.82) is 5.26 Å². The van der Waals surface area contributed by atoms with E-state index in [1.54, 1.807) is 12.1 Å². The lowest BCUT2D eigenvalue weighted by Crippen LogP contribution is -1.85. The Bertz CT molecular complexity index is 1150. The third kappa shape index (κ3) is 2.87. The van der Waals surface area contributed by atoms with Crippen LogP contribution in [0.15, 0.2) is 59.0 Å². The maximum absolute atomic E-state index is 13.9. The highest BCUT2D eigenvalue weighted by atomic mass is 19.1. The Morgan fingerprint density at radius 2 is 1.96 bits per heavy atom. The van der Waals surface area contributed by atoms with Gasteiger partial charge in [-0.25, -0.2) is 13.8 Å². The summed E-state index contributed by atoms with van der Waals surface area (Å²) in [5.41, 5.74) is 1.99. The Hall–Kier alpha value is -3.72. The molecule has 0 saturated heterocycles. The molecular formula is C20H11F2N3O. The second-order valence-corrected chi connectivity index (χ2v) is 5.60. The van der Waals surface area contributed by atoms with Gasteiger partial charge in [0, 0.05) is 12.1 Å². The number of para-hydroxylation sites is 2. The number of fused-ring (bicyclic) bond motifs is 1. The molecule has 2 aromatic heterocycles. The fourth-order valence-electron chi connectivity index (χ4n) is 2.64. The van der Waals surface area contributed by atoms with E-state index in [1.807, 2.05) is 24.3 Å². The molecule has 0 unspecified atom stereocenters. The average molecular weight is 347 g/mol. The topological polar surface area (TPSA) is 65.6 Å². The van der Waals surface area contributed by atoms with Crippen LogP contribution in [0.3, 0.4) is 0 Å². The number of allylic oxidation sites excluding steroid dienone is 1. The van der Waals surface area contributed by atoms with Gasteiger partial charge >= 0.3 is 0 Å². The molecule has 0 amide bonds. The van der Waals surface area contributed by atoms with E-state index in [9.17, 15) is 14.0 Å². The number of aromatic amines is 1. The standard InChI is InChI=1S/C20H11F2N3O/c21-13-5-7-15(16(22)10-13)19-8-6-14(26-19)9-12(11-23)20-24-17-3-1-2-4-18(17)25-20/h1-10H,(H,24,25)/b12-9+. The highest BCUT2D eigenvalue weighted by Crippen LogP contribution is 2.27. The van der Waals surface area contributed by atoms with Gasteiger partial charge < -0.3 is 9.40 Å². The molecule has 1 N–H and O–H groups in total. The summed E-state index contributed by atoms with van der Waals surface area (Å²) in [5.74, 6) is -0.349. The van der Waals surface area contributed by atoms with Crippen molar-refractivity contribution < 1.29 is 13.2 Å². The van der Waals surface area contributed by atoms with Crippen molar-refractivity contribution in [3.8, 4) is 17.4 Å². The normalized spacial score (nSPS) is 11.7. The van der Waals surface area contributed by atoms with Gasteiger partial charge in [0.1, 0.15) is 35.0 Å². The van der Waals surface area contributed by atoms with Crippen LogP contribution in [0, 0.1) is 23.0 Å². The van der Waals surface area contributed by atoms with Gasteiger partial charge in [0.15, 0.2) is 0 Å². The van der Waals surface area contributed by atoms with Crippen molar-refractivity contribution in [3.63, 3.8) is 0 Å². The van der Waals surface area contributed by atoms with E-state index in [-0.39, 0.29) is 16.9 Å². The number of rotatable bonds is 3. The van der Waals surface area contributed by atoms with Gasteiger partial charge in [0.25, 0.3) is 0 Å². The molecule has 0 radical (unpaired) electrons. The number of imidazole rings is 1. The quantitative estimate of drug-likeness (QED) is 0.520. The fourth-order valence-corrected chi connectivity index (χ4v) is 2.64. The van der Waals surface area contributed by atoms with Gasteiger partial charge in [-0.15, -0.1) is 0 Å². The molecular weight excluding hydrogens is 336 g/mol. The molecule has 0 aliphatic rings. The van der Waals surface area contributed by atoms with Crippen molar-refractivity contribution in [2.75, 3.05) is 0 Å². The summed E-state index contributed by atoms with van der Waals surface area (Å²) in [6, 6.07) is 15.9. The van der Waals surface area contributed by atoms with Crippen LogP contribution in [0.1, 0.15) is 11.6 Å². The molecule has 26 heavy (non-hydrogen) atoms. The van der Waals surface area contributed by atoms with E-state index in [0.717, 1.165) is 23.2 Å². The minimum absolute atomic E-state index is 0.147. The number of benzene rings is 2. The van der Waals surface area contributed by atoms with E-state index < -0.39 is 11.6 Å². The van der Waals surface area contributed by atoms with Crippen LogP contribution in [0.5, 0.6) is 0 Å². The molecule has 2 heterocycles. The third-order valence-corrected chi connectivity index (χ3v) is 3.87. The zero-order valence-corrected chi connectivity index (χ0v) is 13.3. The van der Waals surface area contributed by atoms with Gasteiger partial charge in [0.05, 0.1) is 22.2 Å². The molecule has 6 heteroatoms. The van der Waals surface area contributed by atoms with Gasteiger partial charge in [-0.2, -0.15) is 5.26 Å². The molecule has 0 bridgehead atoms. The minimum atomic E-state index is -0.715.